The van der Waals surface area contributed by atoms with Gasteiger partial charge in [-0.2, -0.15) is 0 Å². The van der Waals surface area contributed by atoms with Crippen LogP contribution >= 0.6 is 11.3 Å². The number of aliphatic hydroxyl groups is 1. The number of amides is 1. The largest absolute Gasteiger partial charge is 0.391 e. The molecule has 0 radical (unpaired) electrons. The molecule has 2 N–H and O–H groups in total. The zero-order valence-electron chi connectivity index (χ0n) is 16.9. The third-order valence-corrected chi connectivity index (χ3v) is 8.12. The average Bonchev–Trinajstić information content (AvgIpc) is 2.90. The highest BCUT2D eigenvalue weighted by atomic mass is 32.1. The van der Waals surface area contributed by atoms with Gasteiger partial charge in [0.1, 0.15) is 0 Å². The summed E-state index contributed by atoms with van der Waals surface area (Å²) < 4.78 is 0. The van der Waals surface area contributed by atoms with Crippen molar-refractivity contribution < 1.29 is 9.90 Å². The van der Waals surface area contributed by atoms with Gasteiger partial charge in [-0.25, -0.2) is 4.98 Å². The fourth-order valence-corrected chi connectivity index (χ4v) is 6.15. The van der Waals surface area contributed by atoms with Crippen LogP contribution in [0.25, 0.3) is 0 Å². The molecule has 0 bridgehead atoms. The highest BCUT2D eigenvalue weighted by molar-refractivity contribution is 7.09. The Morgan fingerprint density at radius 1 is 1.34 bits per heavy atom. The number of hydrogen-bond donors (Lipinski definition) is 2. The van der Waals surface area contributed by atoms with Crippen LogP contribution in [0.5, 0.6) is 0 Å². The molecule has 1 aromatic carbocycles. The fourth-order valence-electron chi connectivity index (χ4n) is 5.55. The number of rotatable bonds is 6. The van der Waals surface area contributed by atoms with Crippen molar-refractivity contribution in [1.29, 1.82) is 0 Å². The van der Waals surface area contributed by atoms with E-state index in [0.29, 0.717) is 19.0 Å². The third-order valence-electron chi connectivity index (χ3n) is 7.29. The quantitative estimate of drug-likeness (QED) is 0.767. The molecule has 154 valence electrons. The molecule has 1 amide bonds. The van der Waals surface area contributed by atoms with E-state index in [1.165, 1.54) is 12.0 Å². The number of aromatic nitrogens is 1. The number of aliphatic hydroxyl groups excluding tert-OH is 1. The second-order valence-electron chi connectivity index (χ2n) is 9.02. The van der Waals surface area contributed by atoms with Crippen LogP contribution in [0.15, 0.2) is 35.7 Å². The SMILES string of the molecule is Cc1nc(CN2C[C@@H](O)[C@@]3(C2)[C@H](CNC(=O)C2CCC2)[C@H]3c2ccccc2)cs1. The van der Waals surface area contributed by atoms with Gasteiger partial charge in [0.05, 0.1) is 16.8 Å². The van der Waals surface area contributed by atoms with Gasteiger partial charge in [-0.3, -0.25) is 9.69 Å². The van der Waals surface area contributed by atoms with Crippen molar-refractivity contribution in [2.24, 2.45) is 17.3 Å². The maximum Gasteiger partial charge on any atom is 0.223 e. The number of benzene rings is 1. The summed E-state index contributed by atoms with van der Waals surface area (Å²) in [6.07, 6.45) is 2.83. The minimum atomic E-state index is -0.377. The van der Waals surface area contributed by atoms with E-state index in [1.807, 2.05) is 13.0 Å². The molecule has 1 aromatic heterocycles. The Kier molecular flexibility index (Phi) is 4.96. The lowest BCUT2D eigenvalue weighted by molar-refractivity contribution is -0.127. The molecular formula is C23H29N3O2S. The van der Waals surface area contributed by atoms with Crippen molar-refractivity contribution in [3.05, 3.63) is 52.0 Å². The Bertz CT molecular complexity index is 881. The first-order valence-corrected chi connectivity index (χ1v) is 11.6. The average molecular weight is 412 g/mol. The first-order chi connectivity index (χ1) is 14.1. The van der Waals surface area contributed by atoms with Crippen molar-refractivity contribution in [3.8, 4) is 0 Å². The highest BCUT2D eigenvalue weighted by Crippen LogP contribution is 2.68. The van der Waals surface area contributed by atoms with Crippen LogP contribution in [-0.4, -0.2) is 46.6 Å². The summed E-state index contributed by atoms with van der Waals surface area (Å²) in [6, 6.07) is 10.5. The number of thiazole rings is 1. The Balaban J connectivity index is 1.32. The molecule has 4 atom stereocenters. The molecule has 2 aromatic rings. The fraction of sp³-hybridized carbons (Fsp3) is 0.565. The molecule has 1 spiro atoms. The predicted octanol–water partition coefficient (Wildman–Crippen LogP) is 2.94. The van der Waals surface area contributed by atoms with Gasteiger partial charge in [-0.1, -0.05) is 36.8 Å². The van der Waals surface area contributed by atoms with Crippen molar-refractivity contribution in [2.45, 2.75) is 44.8 Å². The molecular weight excluding hydrogens is 382 g/mol. The zero-order chi connectivity index (χ0) is 20.0. The standard InChI is InChI=1S/C23H29N3O2S/c1-15-25-18(13-29-15)11-26-12-20(27)23(14-26)19(10-24-22(28)17-8-5-9-17)21(23)16-6-3-2-4-7-16/h2-4,6-7,13,17,19-21,27H,5,8-12,14H2,1H3,(H,24,28)/t19-,20-,21-,23-/m1/s1. The van der Waals surface area contributed by atoms with Crippen molar-refractivity contribution in [2.75, 3.05) is 19.6 Å². The van der Waals surface area contributed by atoms with E-state index in [2.05, 4.69) is 44.8 Å². The smallest absolute Gasteiger partial charge is 0.223 e. The molecule has 3 aliphatic rings. The lowest BCUT2D eigenvalue weighted by atomic mass is 9.85. The summed E-state index contributed by atoms with van der Waals surface area (Å²) in [6.45, 7) is 5.00. The summed E-state index contributed by atoms with van der Waals surface area (Å²) >= 11 is 1.68. The van der Waals surface area contributed by atoms with Crippen LogP contribution in [0.4, 0.5) is 0 Å². The van der Waals surface area contributed by atoms with E-state index >= 15 is 0 Å². The van der Waals surface area contributed by atoms with E-state index in [0.717, 1.165) is 36.6 Å². The lowest BCUT2D eigenvalue weighted by Crippen LogP contribution is -2.37. The molecule has 2 aliphatic carbocycles. The normalized spacial score (nSPS) is 31.7. The number of nitrogens with one attached hydrogen (secondary N) is 1. The van der Waals surface area contributed by atoms with Gasteiger partial charge in [0.25, 0.3) is 0 Å². The number of hydrogen-bond acceptors (Lipinski definition) is 5. The highest BCUT2D eigenvalue weighted by Gasteiger charge is 2.70. The number of nitrogens with zero attached hydrogens (tertiary/aromatic N) is 2. The summed E-state index contributed by atoms with van der Waals surface area (Å²) in [4.78, 5) is 19.3. The molecule has 2 saturated carbocycles. The number of carbonyl (C=O) groups excluding carboxylic acids is 1. The Hall–Kier alpha value is -1.76. The second-order valence-corrected chi connectivity index (χ2v) is 10.1. The number of carbonyl (C=O) groups is 1. The van der Waals surface area contributed by atoms with Gasteiger partial charge in [0.15, 0.2) is 0 Å². The van der Waals surface area contributed by atoms with Crippen LogP contribution in [0.3, 0.4) is 0 Å². The van der Waals surface area contributed by atoms with Crippen LogP contribution in [0.1, 0.15) is 41.4 Å². The molecule has 1 aliphatic heterocycles. The van der Waals surface area contributed by atoms with Crippen LogP contribution in [0, 0.1) is 24.2 Å². The van der Waals surface area contributed by atoms with E-state index in [-0.39, 0.29) is 29.3 Å². The minimum absolute atomic E-state index is 0.167. The molecule has 2 heterocycles. The van der Waals surface area contributed by atoms with Gasteiger partial charge in [0, 0.05) is 42.9 Å². The molecule has 0 unspecified atom stereocenters. The summed E-state index contributed by atoms with van der Waals surface area (Å²) in [5.41, 5.74) is 2.20. The van der Waals surface area contributed by atoms with E-state index in [1.54, 1.807) is 11.3 Å². The number of aryl methyl sites for hydroxylation is 1. The summed E-state index contributed by atoms with van der Waals surface area (Å²) in [5.74, 6) is 0.985. The molecule has 5 nitrogen and oxygen atoms in total. The van der Waals surface area contributed by atoms with Crippen LogP contribution < -0.4 is 5.32 Å². The maximum atomic E-state index is 12.4. The lowest BCUT2D eigenvalue weighted by Gasteiger charge is -2.24. The molecule has 1 saturated heterocycles. The summed E-state index contributed by atoms with van der Waals surface area (Å²) in [7, 11) is 0. The van der Waals surface area contributed by atoms with Gasteiger partial charge in [-0.15, -0.1) is 11.3 Å². The number of β-amino-alcohol motifs (C(OH)–C–C–N with tert-alkyl or cyclic N) is 1. The first-order valence-electron chi connectivity index (χ1n) is 10.7. The Morgan fingerprint density at radius 2 is 2.14 bits per heavy atom. The van der Waals surface area contributed by atoms with E-state index in [9.17, 15) is 9.90 Å². The third kappa shape index (κ3) is 3.41. The van der Waals surface area contributed by atoms with Gasteiger partial charge in [0.2, 0.25) is 5.91 Å². The first kappa shape index (κ1) is 19.2. The van der Waals surface area contributed by atoms with Gasteiger partial charge in [-0.05, 0) is 37.2 Å². The molecule has 3 fully saturated rings. The molecule has 6 heteroatoms. The van der Waals surface area contributed by atoms with Crippen molar-refractivity contribution >= 4 is 17.2 Å². The van der Waals surface area contributed by atoms with E-state index in [4.69, 9.17) is 0 Å². The molecule has 29 heavy (non-hydrogen) atoms. The predicted molar refractivity (Wildman–Crippen MR) is 114 cm³/mol. The van der Waals surface area contributed by atoms with Gasteiger partial charge >= 0.3 is 0 Å². The van der Waals surface area contributed by atoms with Crippen LogP contribution in [0.2, 0.25) is 0 Å². The molecule has 5 rings (SSSR count). The van der Waals surface area contributed by atoms with Crippen molar-refractivity contribution in [3.63, 3.8) is 0 Å². The van der Waals surface area contributed by atoms with Crippen molar-refractivity contribution in [1.82, 2.24) is 15.2 Å². The monoisotopic (exact) mass is 411 g/mol. The zero-order valence-corrected chi connectivity index (χ0v) is 17.7. The Labute approximate surface area is 176 Å². The Morgan fingerprint density at radius 3 is 2.79 bits per heavy atom. The van der Waals surface area contributed by atoms with Crippen LogP contribution in [-0.2, 0) is 11.3 Å². The van der Waals surface area contributed by atoms with Gasteiger partial charge < -0.3 is 10.4 Å². The van der Waals surface area contributed by atoms with E-state index < -0.39 is 0 Å². The minimum Gasteiger partial charge on any atom is -0.391 e. The topological polar surface area (TPSA) is 65.5 Å². The summed E-state index contributed by atoms with van der Waals surface area (Å²) in [5, 5.41) is 17.5. The number of likely N-dealkylation sites (tertiary alicyclic amines) is 1. The second kappa shape index (κ2) is 7.49. The maximum absolute atomic E-state index is 12.4.